The maximum atomic E-state index is 11.5. The van der Waals surface area contributed by atoms with Gasteiger partial charge in [0.2, 0.25) is 0 Å². The van der Waals surface area contributed by atoms with Crippen molar-refractivity contribution in [1.82, 2.24) is 10.3 Å². The molecule has 1 heterocycles. The van der Waals surface area contributed by atoms with Crippen molar-refractivity contribution < 1.29 is 14.7 Å². The summed E-state index contributed by atoms with van der Waals surface area (Å²) in [5.41, 5.74) is 0.359. The Bertz CT molecular complexity index is 351. The molecule has 15 heavy (non-hydrogen) atoms. The minimum atomic E-state index is -1.03. The van der Waals surface area contributed by atoms with Crippen LogP contribution < -0.4 is 5.32 Å². The highest BCUT2D eigenvalue weighted by atomic mass is 16.4. The van der Waals surface area contributed by atoms with Crippen LogP contribution in [0.4, 0.5) is 0 Å². The standard InChI is InChI=1S/C10H12N2O3/c1-2-8(10(14)15)12-9(13)7-4-3-5-11-6-7/h3-6,8H,2H2,1H3,(H,12,13)(H,14,15)/t8-/m0/s1. The van der Waals surface area contributed by atoms with E-state index in [0.29, 0.717) is 12.0 Å². The number of hydrogen-bond donors (Lipinski definition) is 2. The monoisotopic (exact) mass is 208 g/mol. The van der Waals surface area contributed by atoms with Crippen LogP contribution in [0.5, 0.6) is 0 Å². The van der Waals surface area contributed by atoms with Crippen LogP contribution in [0.2, 0.25) is 0 Å². The van der Waals surface area contributed by atoms with Gasteiger partial charge in [-0.2, -0.15) is 0 Å². The van der Waals surface area contributed by atoms with Crippen LogP contribution in [0.25, 0.3) is 0 Å². The molecule has 0 aliphatic carbocycles. The van der Waals surface area contributed by atoms with Gasteiger partial charge in [-0.3, -0.25) is 9.78 Å². The zero-order valence-corrected chi connectivity index (χ0v) is 8.30. The summed E-state index contributed by atoms with van der Waals surface area (Å²) < 4.78 is 0. The van der Waals surface area contributed by atoms with Crippen molar-refractivity contribution in [3.05, 3.63) is 30.1 Å². The van der Waals surface area contributed by atoms with Crippen LogP contribution in [0.15, 0.2) is 24.5 Å². The first kappa shape index (κ1) is 11.2. The summed E-state index contributed by atoms with van der Waals surface area (Å²) in [4.78, 5) is 25.9. The lowest BCUT2D eigenvalue weighted by Gasteiger charge is -2.11. The Balaban J connectivity index is 2.67. The molecule has 5 nitrogen and oxygen atoms in total. The summed E-state index contributed by atoms with van der Waals surface area (Å²) in [6.07, 6.45) is 3.29. The summed E-state index contributed by atoms with van der Waals surface area (Å²) in [5.74, 6) is -1.45. The number of amides is 1. The molecule has 2 N–H and O–H groups in total. The van der Waals surface area contributed by atoms with Gasteiger partial charge in [0.15, 0.2) is 0 Å². The number of aromatic nitrogens is 1. The SMILES string of the molecule is CC[C@H](NC(=O)c1cccnc1)C(=O)O. The summed E-state index contributed by atoms with van der Waals surface area (Å²) in [6, 6.07) is 2.35. The van der Waals surface area contributed by atoms with Gasteiger partial charge in [0.25, 0.3) is 5.91 Å². The van der Waals surface area contributed by atoms with Crippen LogP contribution in [0.1, 0.15) is 23.7 Å². The molecule has 0 aromatic carbocycles. The van der Waals surface area contributed by atoms with Crippen LogP contribution in [-0.2, 0) is 4.79 Å². The van der Waals surface area contributed by atoms with Gasteiger partial charge in [-0.15, -0.1) is 0 Å². The van der Waals surface area contributed by atoms with Gasteiger partial charge in [0, 0.05) is 12.4 Å². The van der Waals surface area contributed by atoms with E-state index >= 15 is 0 Å². The maximum Gasteiger partial charge on any atom is 0.326 e. The number of carboxylic acid groups (broad SMARTS) is 1. The second kappa shape index (κ2) is 5.09. The zero-order chi connectivity index (χ0) is 11.3. The molecule has 80 valence electrons. The summed E-state index contributed by atoms with van der Waals surface area (Å²) in [5, 5.41) is 11.1. The number of carbonyl (C=O) groups excluding carboxylic acids is 1. The van der Waals surface area contributed by atoms with Crippen LogP contribution in [0, 0.1) is 0 Å². The van der Waals surface area contributed by atoms with E-state index in [9.17, 15) is 9.59 Å². The van der Waals surface area contributed by atoms with Crippen molar-refractivity contribution in [2.75, 3.05) is 0 Å². The average Bonchev–Trinajstić information content (AvgIpc) is 2.26. The molecule has 0 bridgehead atoms. The number of carbonyl (C=O) groups is 2. The molecule has 1 aromatic heterocycles. The van der Waals surface area contributed by atoms with Gasteiger partial charge < -0.3 is 10.4 Å². The smallest absolute Gasteiger partial charge is 0.326 e. The predicted octanol–water partition coefficient (Wildman–Crippen LogP) is 0.675. The molecule has 0 spiro atoms. The Labute approximate surface area is 87.1 Å². The fourth-order valence-electron chi connectivity index (χ4n) is 1.08. The summed E-state index contributed by atoms with van der Waals surface area (Å²) in [7, 11) is 0. The van der Waals surface area contributed by atoms with E-state index in [4.69, 9.17) is 5.11 Å². The molecule has 5 heteroatoms. The average molecular weight is 208 g/mol. The second-order valence-corrected chi connectivity index (χ2v) is 3.01. The first-order chi connectivity index (χ1) is 7.15. The van der Waals surface area contributed by atoms with Crippen LogP contribution >= 0.6 is 0 Å². The fourth-order valence-corrected chi connectivity index (χ4v) is 1.08. The quantitative estimate of drug-likeness (QED) is 0.762. The Hall–Kier alpha value is -1.91. The highest BCUT2D eigenvalue weighted by molar-refractivity contribution is 5.96. The Morgan fingerprint density at radius 2 is 2.33 bits per heavy atom. The van der Waals surface area contributed by atoms with E-state index < -0.39 is 17.9 Å². The number of nitrogens with zero attached hydrogens (tertiary/aromatic N) is 1. The molecular weight excluding hydrogens is 196 g/mol. The largest absolute Gasteiger partial charge is 0.480 e. The molecule has 1 atom stereocenters. The summed E-state index contributed by atoms with van der Waals surface area (Å²) >= 11 is 0. The predicted molar refractivity (Wildman–Crippen MR) is 53.4 cm³/mol. The van der Waals surface area contributed by atoms with Crippen molar-refractivity contribution in [2.45, 2.75) is 19.4 Å². The van der Waals surface area contributed by atoms with E-state index in [1.807, 2.05) is 0 Å². The molecule has 1 rings (SSSR count). The highest BCUT2D eigenvalue weighted by Crippen LogP contribution is 1.98. The topological polar surface area (TPSA) is 79.3 Å². The Morgan fingerprint density at radius 3 is 2.80 bits per heavy atom. The Morgan fingerprint density at radius 1 is 1.60 bits per heavy atom. The molecule has 0 fully saturated rings. The number of rotatable bonds is 4. The van der Waals surface area contributed by atoms with E-state index in [-0.39, 0.29) is 0 Å². The van der Waals surface area contributed by atoms with Crippen molar-refractivity contribution >= 4 is 11.9 Å². The van der Waals surface area contributed by atoms with Gasteiger partial charge in [-0.1, -0.05) is 6.92 Å². The van der Waals surface area contributed by atoms with Gasteiger partial charge in [0.05, 0.1) is 5.56 Å². The van der Waals surface area contributed by atoms with Crippen LogP contribution in [-0.4, -0.2) is 28.0 Å². The lowest BCUT2D eigenvalue weighted by Crippen LogP contribution is -2.40. The minimum Gasteiger partial charge on any atom is -0.480 e. The fraction of sp³-hybridized carbons (Fsp3) is 0.300. The first-order valence-electron chi connectivity index (χ1n) is 4.58. The van der Waals surface area contributed by atoms with Crippen molar-refractivity contribution in [3.8, 4) is 0 Å². The highest BCUT2D eigenvalue weighted by Gasteiger charge is 2.18. The van der Waals surface area contributed by atoms with E-state index in [1.165, 1.54) is 6.20 Å². The molecule has 0 aliphatic heterocycles. The van der Waals surface area contributed by atoms with E-state index in [2.05, 4.69) is 10.3 Å². The normalized spacial score (nSPS) is 11.8. The summed E-state index contributed by atoms with van der Waals surface area (Å²) in [6.45, 7) is 1.70. The maximum absolute atomic E-state index is 11.5. The molecule has 0 radical (unpaired) electrons. The van der Waals surface area contributed by atoms with Crippen molar-refractivity contribution in [3.63, 3.8) is 0 Å². The molecule has 0 aliphatic rings. The van der Waals surface area contributed by atoms with Gasteiger partial charge >= 0.3 is 5.97 Å². The lowest BCUT2D eigenvalue weighted by molar-refractivity contribution is -0.139. The number of aliphatic carboxylic acids is 1. The lowest BCUT2D eigenvalue weighted by atomic mass is 10.2. The third kappa shape index (κ3) is 3.05. The number of hydrogen-bond acceptors (Lipinski definition) is 3. The first-order valence-corrected chi connectivity index (χ1v) is 4.58. The van der Waals surface area contributed by atoms with Gasteiger partial charge in [0.1, 0.15) is 6.04 Å². The van der Waals surface area contributed by atoms with Crippen LogP contribution in [0.3, 0.4) is 0 Å². The number of nitrogens with one attached hydrogen (secondary N) is 1. The Kier molecular flexibility index (Phi) is 3.79. The minimum absolute atomic E-state index is 0.349. The van der Waals surface area contributed by atoms with Gasteiger partial charge in [-0.25, -0.2) is 4.79 Å². The number of pyridine rings is 1. The van der Waals surface area contributed by atoms with Gasteiger partial charge in [-0.05, 0) is 18.6 Å². The molecule has 0 saturated carbocycles. The van der Waals surface area contributed by atoms with Crippen molar-refractivity contribution in [2.24, 2.45) is 0 Å². The third-order valence-corrected chi connectivity index (χ3v) is 1.94. The molecule has 1 amide bonds. The van der Waals surface area contributed by atoms with E-state index in [1.54, 1.807) is 25.3 Å². The molecule has 0 saturated heterocycles. The molecule has 0 unspecified atom stereocenters. The second-order valence-electron chi connectivity index (χ2n) is 3.01. The zero-order valence-electron chi connectivity index (χ0n) is 8.30. The van der Waals surface area contributed by atoms with E-state index in [0.717, 1.165) is 0 Å². The molecular formula is C10H12N2O3. The number of carboxylic acids is 1. The third-order valence-electron chi connectivity index (χ3n) is 1.94. The van der Waals surface area contributed by atoms with Crippen molar-refractivity contribution in [1.29, 1.82) is 0 Å². The molecule has 1 aromatic rings.